The second kappa shape index (κ2) is 7.94. The molecule has 8 heteroatoms. The normalized spacial score (nSPS) is 10.5. The molecule has 122 valence electrons. The minimum atomic E-state index is -0.399. The van der Waals surface area contributed by atoms with Gasteiger partial charge in [0.1, 0.15) is 5.75 Å². The van der Waals surface area contributed by atoms with Gasteiger partial charge in [0, 0.05) is 10.0 Å². The van der Waals surface area contributed by atoms with E-state index in [1.165, 1.54) is 11.3 Å². The minimum Gasteiger partial charge on any atom is -0.491 e. The number of hydrogen-bond acceptors (Lipinski definition) is 4. The lowest BCUT2D eigenvalue weighted by Crippen LogP contribution is -2.41. The summed E-state index contributed by atoms with van der Waals surface area (Å²) >= 11 is 7.89. The smallest absolute Gasteiger partial charge is 0.279 e. The van der Waals surface area contributed by atoms with E-state index in [1.54, 1.807) is 30.3 Å². The molecule has 0 bridgehead atoms. The van der Waals surface area contributed by atoms with Crippen molar-refractivity contribution in [3.8, 4) is 5.75 Å². The molecule has 0 aliphatic rings. The molecule has 2 amide bonds. The maximum Gasteiger partial charge on any atom is 0.279 e. The Morgan fingerprint density at radius 3 is 2.22 bits per heavy atom. The summed E-state index contributed by atoms with van der Waals surface area (Å²) < 4.78 is 7.12. The molecule has 0 radical (unpaired) electrons. The first-order valence-corrected chi connectivity index (χ1v) is 9.09. The van der Waals surface area contributed by atoms with E-state index >= 15 is 0 Å². The van der Waals surface area contributed by atoms with Crippen LogP contribution >= 0.6 is 43.2 Å². The standard InChI is InChI=1S/C15H14Br2N2O3S/c1-8(2)22-10-5-3-9(4-6-10)14(20)18-19-15(21)12-7-11(16)13(17)23-12/h3-8H,1-2H3,(H,18,20)(H,19,21). The number of carbonyl (C=O) groups is 2. The van der Waals surface area contributed by atoms with E-state index in [9.17, 15) is 9.59 Å². The number of ether oxygens (including phenoxy) is 1. The molecule has 5 nitrogen and oxygen atoms in total. The van der Waals surface area contributed by atoms with Crippen LogP contribution in [-0.4, -0.2) is 17.9 Å². The molecule has 1 heterocycles. The maximum atomic E-state index is 12.0. The van der Waals surface area contributed by atoms with Gasteiger partial charge >= 0.3 is 0 Å². The Hall–Kier alpha value is -1.38. The molecule has 23 heavy (non-hydrogen) atoms. The minimum absolute atomic E-state index is 0.0680. The van der Waals surface area contributed by atoms with Crippen molar-refractivity contribution in [1.82, 2.24) is 10.9 Å². The lowest BCUT2D eigenvalue weighted by Gasteiger charge is -2.10. The predicted molar refractivity (Wildman–Crippen MR) is 96.9 cm³/mol. The summed E-state index contributed by atoms with van der Waals surface area (Å²) in [6.45, 7) is 3.86. The second-order valence-corrected chi connectivity index (χ2v) is 8.06. The van der Waals surface area contributed by atoms with Crippen LogP contribution in [0, 0.1) is 0 Å². The maximum absolute atomic E-state index is 12.0. The number of thiophene rings is 1. The van der Waals surface area contributed by atoms with Gasteiger partial charge < -0.3 is 4.74 Å². The fourth-order valence-electron chi connectivity index (χ4n) is 1.66. The summed E-state index contributed by atoms with van der Waals surface area (Å²) in [7, 11) is 0. The van der Waals surface area contributed by atoms with Gasteiger partial charge in [-0.1, -0.05) is 0 Å². The lowest BCUT2D eigenvalue weighted by molar-refractivity contribution is 0.0849. The first kappa shape index (κ1) is 18.0. The summed E-state index contributed by atoms with van der Waals surface area (Å²) in [6, 6.07) is 8.37. The molecule has 0 saturated heterocycles. The van der Waals surface area contributed by atoms with Gasteiger partial charge in [-0.15, -0.1) is 11.3 Å². The average molecular weight is 462 g/mol. The van der Waals surface area contributed by atoms with Crippen LogP contribution in [0.2, 0.25) is 0 Å². The number of rotatable bonds is 4. The first-order valence-electron chi connectivity index (χ1n) is 6.69. The van der Waals surface area contributed by atoms with E-state index in [0.29, 0.717) is 16.2 Å². The Labute approximate surface area is 154 Å². The quantitative estimate of drug-likeness (QED) is 0.672. The Bertz CT molecular complexity index is 695. The van der Waals surface area contributed by atoms with E-state index in [0.717, 1.165) is 8.26 Å². The third-order valence-electron chi connectivity index (χ3n) is 2.65. The van der Waals surface area contributed by atoms with Gasteiger partial charge in [0.2, 0.25) is 0 Å². The highest BCUT2D eigenvalue weighted by Gasteiger charge is 2.13. The van der Waals surface area contributed by atoms with Crippen LogP contribution in [0.3, 0.4) is 0 Å². The highest BCUT2D eigenvalue weighted by molar-refractivity contribution is 9.13. The highest BCUT2D eigenvalue weighted by atomic mass is 79.9. The molecule has 2 aromatic rings. The number of amides is 2. The van der Waals surface area contributed by atoms with E-state index in [1.807, 2.05) is 13.8 Å². The summed E-state index contributed by atoms with van der Waals surface area (Å²) in [4.78, 5) is 24.4. The van der Waals surface area contributed by atoms with Crippen LogP contribution in [0.4, 0.5) is 0 Å². The van der Waals surface area contributed by atoms with Crippen LogP contribution in [-0.2, 0) is 0 Å². The van der Waals surface area contributed by atoms with Gasteiger partial charge in [-0.05, 0) is 76.0 Å². The van der Waals surface area contributed by atoms with Crippen LogP contribution < -0.4 is 15.6 Å². The Kier molecular flexibility index (Phi) is 6.20. The molecule has 0 unspecified atom stereocenters. The molecule has 0 atom stereocenters. The topological polar surface area (TPSA) is 67.4 Å². The van der Waals surface area contributed by atoms with Gasteiger partial charge in [-0.3, -0.25) is 20.4 Å². The zero-order valence-corrected chi connectivity index (χ0v) is 16.3. The third-order valence-corrected chi connectivity index (χ3v) is 5.90. The van der Waals surface area contributed by atoms with E-state index in [2.05, 4.69) is 42.7 Å². The number of benzene rings is 1. The Morgan fingerprint density at radius 2 is 1.70 bits per heavy atom. The molecule has 2 N–H and O–H groups in total. The fraction of sp³-hybridized carbons (Fsp3) is 0.200. The highest BCUT2D eigenvalue weighted by Crippen LogP contribution is 2.32. The number of hydrazine groups is 1. The van der Waals surface area contributed by atoms with Crippen molar-refractivity contribution in [3.63, 3.8) is 0 Å². The van der Waals surface area contributed by atoms with Crippen LogP contribution in [0.5, 0.6) is 5.75 Å². The monoisotopic (exact) mass is 460 g/mol. The van der Waals surface area contributed by atoms with Crippen LogP contribution in [0.25, 0.3) is 0 Å². The summed E-state index contributed by atoms with van der Waals surface area (Å²) in [5.74, 6) is -0.0903. The van der Waals surface area contributed by atoms with Crippen molar-refractivity contribution in [2.24, 2.45) is 0 Å². The molecule has 0 fully saturated rings. The van der Waals surface area contributed by atoms with Gasteiger partial charge in [0.25, 0.3) is 11.8 Å². The number of halogens is 2. The molecule has 0 aliphatic carbocycles. The lowest BCUT2D eigenvalue weighted by atomic mass is 10.2. The van der Waals surface area contributed by atoms with Crippen molar-refractivity contribution in [3.05, 3.63) is 49.0 Å². The van der Waals surface area contributed by atoms with Crippen molar-refractivity contribution < 1.29 is 14.3 Å². The van der Waals surface area contributed by atoms with E-state index in [4.69, 9.17) is 4.74 Å². The summed E-state index contributed by atoms with van der Waals surface area (Å²) in [5.41, 5.74) is 5.19. The third kappa shape index (κ3) is 5.05. The van der Waals surface area contributed by atoms with Gasteiger partial charge in [-0.2, -0.15) is 0 Å². The number of nitrogens with one attached hydrogen (secondary N) is 2. The average Bonchev–Trinajstić information content (AvgIpc) is 2.84. The zero-order valence-electron chi connectivity index (χ0n) is 12.4. The summed E-state index contributed by atoms with van der Waals surface area (Å²) in [5, 5.41) is 0. The predicted octanol–water partition coefficient (Wildman–Crippen LogP) is 4.14. The number of hydrogen-bond donors (Lipinski definition) is 2. The van der Waals surface area contributed by atoms with Crippen molar-refractivity contribution in [2.45, 2.75) is 20.0 Å². The molecule has 1 aromatic carbocycles. The van der Waals surface area contributed by atoms with Crippen molar-refractivity contribution in [1.29, 1.82) is 0 Å². The number of carbonyl (C=O) groups excluding carboxylic acids is 2. The molecule has 0 aliphatic heterocycles. The van der Waals surface area contributed by atoms with Crippen LogP contribution in [0.1, 0.15) is 33.9 Å². The van der Waals surface area contributed by atoms with E-state index in [-0.39, 0.29) is 12.0 Å². The second-order valence-electron chi connectivity index (χ2n) is 4.83. The molecule has 0 spiro atoms. The van der Waals surface area contributed by atoms with E-state index < -0.39 is 5.91 Å². The fourth-order valence-corrected chi connectivity index (χ4v) is 3.59. The molecular weight excluding hydrogens is 448 g/mol. The van der Waals surface area contributed by atoms with Crippen LogP contribution in [0.15, 0.2) is 38.6 Å². The van der Waals surface area contributed by atoms with Gasteiger partial charge in [-0.25, -0.2) is 0 Å². The molecule has 1 aromatic heterocycles. The van der Waals surface area contributed by atoms with Gasteiger partial charge in [0.05, 0.1) is 14.8 Å². The largest absolute Gasteiger partial charge is 0.491 e. The Balaban J connectivity index is 1.92. The zero-order chi connectivity index (χ0) is 17.0. The SMILES string of the molecule is CC(C)Oc1ccc(C(=O)NNC(=O)c2cc(Br)c(Br)s2)cc1. The van der Waals surface area contributed by atoms with Crippen molar-refractivity contribution >= 4 is 55.0 Å². The molecule has 0 saturated carbocycles. The Morgan fingerprint density at radius 1 is 1.09 bits per heavy atom. The first-order chi connectivity index (χ1) is 10.9. The van der Waals surface area contributed by atoms with Crippen molar-refractivity contribution in [2.75, 3.05) is 0 Å². The molecule has 2 rings (SSSR count). The molecular formula is C15H14Br2N2O3S. The van der Waals surface area contributed by atoms with Gasteiger partial charge in [0.15, 0.2) is 0 Å². The summed E-state index contributed by atoms with van der Waals surface area (Å²) in [6.07, 6.45) is 0.0680.